The molecule has 4 rings (SSSR count). The lowest BCUT2D eigenvalue weighted by Gasteiger charge is -2.27. The third-order valence-electron chi connectivity index (χ3n) is 5.80. The van der Waals surface area contributed by atoms with Gasteiger partial charge in [-0.05, 0) is 41.8 Å². The molecule has 0 radical (unpaired) electrons. The van der Waals surface area contributed by atoms with Crippen LogP contribution in [0.15, 0.2) is 53.5 Å². The van der Waals surface area contributed by atoms with E-state index in [1.165, 1.54) is 18.3 Å². The van der Waals surface area contributed by atoms with E-state index in [2.05, 4.69) is 15.4 Å². The molecule has 2 heterocycles. The lowest BCUT2D eigenvalue weighted by atomic mass is 9.97. The number of hydrogen-bond acceptors (Lipinski definition) is 4. The van der Waals surface area contributed by atoms with Crippen LogP contribution in [0.5, 0.6) is 0 Å². The van der Waals surface area contributed by atoms with Gasteiger partial charge in [-0.25, -0.2) is 22.1 Å². The van der Waals surface area contributed by atoms with Crippen LogP contribution in [0.1, 0.15) is 47.3 Å². The van der Waals surface area contributed by atoms with Gasteiger partial charge in [0, 0.05) is 16.8 Å². The smallest absolute Gasteiger partial charge is 0.294 e. The molecule has 37 heavy (non-hydrogen) atoms. The third kappa shape index (κ3) is 5.09. The summed E-state index contributed by atoms with van der Waals surface area (Å²) in [4.78, 5) is 28.8. The Hall–Kier alpha value is -3.70. The number of nitrogens with zero attached hydrogens (tertiary/aromatic N) is 2. The zero-order valence-corrected chi connectivity index (χ0v) is 20.3. The van der Waals surface area contributed by atoms with E-state index in [1.807, 2.05) is 0 Å². The number of halogens is 5. The number of amides is 1. The molecule has 12 heteroatoms. The Morgan fingerprint density at radius 3 is 2.49 bits per heavy atom. The topological polar surface area (TPSA) is 99.5 Å². The van der Waals surface area contributed by atoms with Gasteiger partial charge in [-0.2, -0.15) is 0 Å². The van der Waals surface area contributed by atoms with Crippen LogP contribution in [-0.2, 0) is 0 Å². The number of carbonyl (C=O) groups is 1. The van der Waals surface area contributed by atoms with Gasteiger partial charge in [-0.15, -0.1) is 5.10 Å². The normalized spacial score (nSPS) is 12.8. The Balaban J connectivity index is 1.83. The number of H-pyrrole nitrogens is 1. The standard InChI is InChI=1S/C25H21ClF4N4O3/c1-12(2)19-17(23(36)31-21(25(29,30)11-35)13-3-6-15(27)7-4-13)10-34-20(19)24(37)32-22(33-34)16-9-14(26)5-8-18(16)28/h3-10,12,21,35H,11H2,1-2H3,(H,31,36)(H,32,33,37). The maximum atomic E-state index is 14.6. The van der Waals surface area contributed by atoms with Gasteiger partial charge in [0.15, 0.2) is 5.82 Å². The summed E-state index contributed by atoms with van der Waals surface area (Å²) in [7, 11) is 0. The summed E-state index contributed by atoms with van der Waals surface area (Å²) in [6.07, 6.45) is 1.18. The average molecular weight is 537 g/mol. The summed E-state index contributed by atoms with van der Waals surface area (Å²) in [5, 5.41) is 15.9. The molecule has 0 spiro atoms. The van der Waals surface area contributed by atoms with Crippen LogP contribution >= 0.6 is 11.6 Å². The zero-order chi connectivity index (χ0) is 27.1. The molecule has 2 aromatic carbocycles. The second kappa shape index (κ2) is 9.98. The lowest BCUT2D eigenvalue weighted by molar-refractivity contribution is -0.0785. The van der Waals surface area contributed by atoms with E-state index in [9.17, 15) is 32.3 Å². The zero-order valence-electron chi connectivity index (χ0n) is 19.5. The number of aliphatic hydroxyl groups is 1. The molecule has 0 aliphatic heterocycles. The average Bonchev–Trinajstić information content (AvgIpc) is 3.25. The van der Waals surface area contributed by atoms with Gasteiger partial charge in [-0.1, -0.05) is 37.6 Å². The molecule has 1 atom stereocenters. The van der Waals surface area contributed by atoms with Crippen molar-refractivity contribution in [2.24, 2.45) is 0 Å². The first kappa shape index (κ1) is 26.4. The van der Waals surface area contributed by atoms with E-state index >= 15 is 0 Å². The molecular weight excluding hydrogens is 516 g/mol. The molecule has 0 bridgehead atoms. The van der Waals surface area contributed by atoms with Gasteiger partial charge in [0.2, 0.25) is 0 Å². The van der Waals surface area contributed by atoms with Crippen LogP contribution in [0.2, 0.25) is 5.02 Å². The maximum absolute atomic E-state index is 14.6. The van der Waals surface area contributed by atoms with E-state index < -0.39 is 47.6 Å². The fourth-order valence-electron chi connectivity index (χ4n) is 4.07. The molecule has 0 saturated carbocycles. The highest BCUT2D eigenvalue weighted by Crippen LogP contribution is 2.33. The number of benzene rings is 2. The summed E-state index contributed by atoms with van der Waals surface area (Å²) in [5.74, 6) is -6.73. The molecule has 4 aromatic rings. The van der Waals surface area contributed by atoms with E-state index in [0.29, 0.717) is 0 Å². The van der Waals surface area contributed by atoms with Gasteiger partial charge in [0.25, 0.3) is 17.4 Å². The predicted octanol–water partition coefficient (Wildman–Crippen LogP) is 4.84. The van der Waals surface area contributed by atoms with Gasteiger partial charge in [-0.3, -0.25) is 9.59 Å². The van der Waals surface area contributed by atoms with Crippen molar-refractivity contribution < 1.29 is 27.5 Å². The first-order chi connectivity index (χ1) is 17.4. The Morgan fingerprint density at radius 1 is 1.19 bits per heavy atom. The molecule has 1 unspecified atom stereocenters. The highest BCUT2D eigenvalue weighted by Gasteiger charge is 2.41. The number of rotatable bonds is 7. The van der Waals surface area contributed by atoms with Crippen LogP contribution in [0.3, 0.4) is 0 Å². The first-order valence-corrected chi connectivity index (χ1v) is 11.5. The van der Waals surface area contributed by atoms with E-state index in [4.69, 9.17) is 11.6 Å². The molecule has 0 saturated heterocycles. The number of hydrogen-bond donors (Lipinski definition) is 3. The number of aromatic amines is 1. The van der Waals surface area contributed by atoms with Crippen molar-refractivity contribution in [2.45, 2.75) is 31.7 Å². The van der Waals surface area contributed by atoms with Crippen molar-refractivity contribution in [1.29, 1.82) is 0 Å². The SMILES string of the molecule is CC(C)c1c(C(=O)NC(c2ccc(F)cc2)C(F)(F)CO)cn2nc(-c3cc(Cl)ccc3F)[nH]c(=O)c12. The van der Waals surface area contributed by atoms with Crippen LogP contribution in [0, 0.1) is 11.6 Å². The lowest BCUT2D eigenvalue weighted by Crippen LogP contribution is -2.43. The fourth-order valence-corrected chi connectivity index (χ4v) is 4.24. The molecule has 1 amide bonds. The van der Waals surface area contributed by atoms with Crippen LogP contribution in [0.4, 0.5) is 17.6 Å². The quantitative estimate of drug-likeness (QED) is 0.294. The number of aromatic nitrogens is 3. The minimum atomic E-state index is -3.79. The third-order valence-corrected chi connectivity index (χ3v) is 6.03. The highest BCUT2D eigenvalue weighted by atomic mass is 35.5. The minimum absolute atomic E-state index is 0.0291. The molecule has 0 aliphatic carbocycles. The van der Waals surface area contributed by atoms with E-state index in [-0.39, 0.29) is 38.6 Å². The Labute approximate surface area is 212 Å². The molecule has 7 nitrogen and oxygen atoms in total. The van der Waals surface area contributed by atoms with Gasteiger partial charge in [0.05, 0.1) is 11.1 Å². The Bertz CT molecular complexity index is 1530. The summed E-state index contributed by atoms with van der Waals surface area (Å²) in [6.45, 7) is 1.80. The van der Waals surface area contributed by atoms with Crippen LogP contribution in [0.25, 0.3) is 16.9 Å². The second-order valence-electron chi connectivity index (χ2n) is 8.71. The summed E-state index contributed by atoms with van der Waals surface area (Å²) >= 11 is 5.95. The van der Waals surface area contributed by atoms with Gasteiger partial charge < -0.3 is 15.4 Å². The molecule has 2 aromatic heterocycles. The summed E-state index contributed by atoms with van der Waals surface area (Å²) in [5.41, 5.74) is -0.858. The minimum Gasteiger partial charge on any atom is -0.390 e. The van der Waals surface area contributed by atoms with Gasteiger partial charge >= 0.3 is 0 Å². The fraction of sp³-hybridized carbons (Fsp3) is 0.240. The van der Waals surface area contributed by atoms with E-state index in [0.717, 1.165) is 34.8 Å². The van der Waals surface area contributed by atoms with Crippen molar-refractivity contribution in [3.05, 3.63) is 92.4 Å². The first-order valence-electron chi connectivity index (χ1n) is 11.1. The summed E-state index contributed by atoms with van der Waals surface area (Å²) < 4.78 is 58.1. The molecule has 0 aliphatic rings. The predicted molar refractivity (Wildman–Crippen MR) is 129 cm³/mol. The molecule has 3 N–H and O–H groups in total. The van der Waals surface area contributed by atoms with Crippen molar-refractivity contribution in [3.63, 3.8) is 0 Å². The Morgan fingerprint density at radius 2 is 1.86 bits per heavy atom. The van der Waals surface area contributed by atoms with Crippen molar-refractivity contribution in [2.75, 3.05) is 6.61 Å². The maximum Gasteiger partial charge on any atom is 0.294 e. The van der Waals surface area contributed by atoms with Crippen LogP contribution < -0.4 is 10.9 Å². The van der Waals surface area contributed by atoms with Crippen LogP contribution in [-0.4, -0.2) is 38.1 Å². The molecule has 0 fully saturated rings. The number of carbonyl (C=O) groups excluding carboxylic acids is 1. The van der Waals surface area contributed by atoms with E-state index in [1.54, 1.807) is 13.8 Å². The Kier molecular flexibility index (Phi) is 7.11. The number of aliphatic hydroxyl groups excluding tert-OH is 1. The number of nitrogens with one attached hydrogen (secondary N) is 2. The molecular formula is C25H21ClF4N4O3. The molecule has 194 valence electrons. The number of alkyl halides is 2. The largest absolute Gasteiger partial charge is 0.390 e. The summed E-state index contributed by atoms with van der Waals surface area (Å²) in [6, 6.07) is 5.74. The highest BCUT2D eigenvalue weighted by molar-refractivity contribution is 6.30. The van der Waals surface area contributed by atoms with Crippen molar-refractivity contribution >= 4 is 23.0 Å². The van der Waals surface area contributed by atoms with Crippen molar-refractivity contribution in [3.8, 4) is 11.4 Å². The second-order valence-corrected chi connectivity index (χ2v) is 9.14. The van der Waals surface area contributed by atoms with Crippen molar-refractivity contribution in [1.82, 2.24) is 19.9 Å². The van der Waals surface area contributed by atoms with Gasteiger partial charge in [0.1, 0.15) is 29.8 Å². The number of fused-ring (bicyclic) bond motifs is 1. The monoisotopic (exact) mass is 536 g/mol.